The number of likely N-dealkylation sites (N-methyl/N-ethyl adjacent to an activating group) is 1. The summed E-state index contributed by atoms with van der Waals surface area (Å²) in [5.41, 5.74) is 2.14. The summed E-state index contributed by atoms with van der Waals surface area (Å²) in [5.74, 6) is 0.162. The van der Waals surface area contributed by atoms with Gasteiger partial charge in [-0.2, -0.15) is 0 Å². The number of hydrogen-bond donors (Lipinski definition) is 0. The van der Waals surface area contributed by atoms with E-state index >= 15 is 0 Å². The molecule has 1 aliphatic rings. The van der Waals surface area contributed by atoms with Gasteiger partial charge in [-0.3, -0.25) is 9.69 Å². The molecule has 3 rings (SSSR count). The zero-order chi connectivity index (χ0) is 14.1. The third-order valence-electron chi connectivity index (χ3n) is 3.80. The number of rotatable bonds is 3. The lowest BCUT2D eigenvalue weighted by atomic mass is 9.87. The summed E-state index contributed by atoms with van der Waals surface area (Å²) in [6.45, 7) is 0. The third kappa shape index (κ3) is 2.00. The zero-order valence-electron chi connectivity index (χ0n) is 11.7. The lowest BCUT2D eigenvalue weighted by Crippen LogP contribution is -2.64. The molecule has 20 heavy (non-hydrogen) atoms. The second kappa shape index (κ2) is 5.10. The molecule has 0 spiro atoms. The lowest BCUT2D eigenvalue weighted by molar-refractivity contribution is -0.131. The molecule has 3 nitrogen and oxygen atoms in total. The zero-order valence-corrected chi connectivity index (χ0v) is 11.7. The Bertz CT molecular complexity index is 595. The Morgan fingerprint density at radius 3 is 2.00 bits per heavy atom. The van der Waals surface area contributed by atoms with Crippen LogP contribution in [0.25, 0.3) is 0 Å². The van der Waals surface area contributed by atoms with Crippen LogP contribution in [-0.4, -0.2) is 30.9 Å². The van der Waals surface area contributed by atoms with Gasteiger partial charge in [0.2, 0.25) is 5.91 Å². The van der Waals surface area contributed by atoms with Crippen LogP contribution in [0.5, 0.6) is 0 Å². The lowest BCUT2D eigenvalue weighted by Gasteiger charge is -2.49. The van der Waals surface area contributed by atoms with Gasteiger partial charge in [0.15, 0.2) is 0 Å². The van der Waals surface area contributed by atoms with E-state index in [9.17, 15) is 4.79 Å². The highest BCUT2D eigenvalue weighted by Crippen LogP contribution is 2.40. The van der Waals surface area contributed by atoms with Crippen LogP contribution in [0.1, 0.15) is 11.6 Å². The summed E-state index contributed by atoms with van der Waals surface area (Å²) in [6, 6.07) is 20.1. The van der Waals surface area contributed by atoms with Crippen molar-refractivity contribution >= 4 is 11.6 Å². The summed E-state index contributed by atoms with van der Waals surface area (Å²) >= 11 is 0. The number of carbonyl (C=O) groups excluding carboxylic acids is 1. The van der Waals surface area contributed by atoms with E-state index in [-0.39, 0.29) is 18.0 Å². The second-order valence-electron chi connectivity index (χ2n) is 5.31. The van der Waals surface area contributed by atoms with E-state index < -0.39 is 0 Å². The molecule has 0 saturated carbocycles. The minimum absolute atomic E-state index is 0.0844. The molecular weight excluding hydrogens is 248 g/mol. The number of anilines is 1. The molecule has 0 unspecified atom stereocenters. The molecule has 1 saturated heterocycles. The number of amides is 1. The van der Waals surface area contributed by atoms with Crippen molar-refractivity contribution in [3.05, 3.63) is 66.2 Å². The van der Waals surface area contributed by atoms with Crippen LogP contribution in [0, 0.1) is 0 Å². The Morgan fingerprint density at radius 2 is 1.45 bits per heavy atom. The summed E-state index contributed by atoms with van der Waals surface area (Å²) in [7, 11) is 3.92. The minimum Gasteiger partial charge on any atom is -0.301 e. The minimum atomic E-state index is -0.0855. The van der Waals surface area contributed by atoms with Crippen LogP contribution in [0.4, 0.5) is 5.69 Å². The van der Waals surface area contributed by atoms with Gasteiger partial charge in [0.05, 0.1) is 6.04 Å². The SMILES string of the molecule is CN(C)[C@@H]1C(=O)N(c2ccccc2)[C@H]1c1ccccc1. The smallest absolute Gasteiger partial charge is 0.247 e. The summed E-state index contributed by atoms with van der Waals surface area (Å²) in [5, 5.41) is 0. The van der Waals surface area contributed by atoms with Crippen LogP contribution < -0.4 is 4.90 Å². The van der Waals surface area contributed by atoms with Gasteiger partial charge in [-0.1, -0.05) is 48.5 Å². The number of benzene rings is 2. The molecule has 1 amide bonds. The first kappa shape index (κ1) is 12.9. The van der Waals surface area contributed by atoms with Crippen LogP contribution >= 0.6 is 0 Å². The first-order chi connectivity index (χ1) is 9.70. The summed E-state index contributed by atoms with van der Waals surface area (Å²) in [6.07, 6.45) is 0. The molecule has 1 aliphatic heterocycles. The number of β-lactam (4-membered cyclic amide) rings is 1. The van der Waals surface area contributed by atoms with Gasteiger partial charge in [-0.25, -0.2) is 0 Å². The average molecular weight is 266 g/mol. The van der Waals surface area contributed by atoms with E-state index in [1.807, 2.05) is 72.4 Å². The van der Waals surface area contributed by atoms with E-state index in [2.05, 4.69) is 12.1 Å². The molecule has 0 bridgehead atoms. The molecule has 1 heterocycles. The molecular formula is C17H18N2O. The first-order valence-electron chi connectivity index (χ1n) is 6.79. The molecule has 0 radical (unpaired) electrons. The Balaban J connectivity index is 2.00. The van der Waals surface area contributed by atoms with Crippen LogP contribution in [0.3, 0.4) is 0 Å². The standard InChI is InChI=1S/C17H18N2O/c1-18(2)16-15(13-9-5-3-6-10-13)19(17(16)20)14-11-7-4-8-12-14/h3-12,15-16H,1-2H3/t15-,16-/m0/s1. The van der Waals surface area contributed by atoms with Gasteiger partial charge >= 0.3 is 0 Å². The Kier molecular flexibility index (Phi) is 3.28. The van der Waals surface area contributed by atoms with E-state index in [4.69, 9.17) is 0 Å². The highest BCUT2D eigenvalue weighted by molar-refractivity contribution is 6.05. The van der Waals surface area contributed by atoms with Crippen LogP contribution in [-0.2, 0) is 4.79 Å². The number of carbonyl (C=O) groups is 1. The van der Waals surface area contributed by atoms with Crippen LogP contribution in [0.15, 0.2) is 60.7 Å². The molecule has 0 N–H and O–H groups in total. The predicted octanol–water partition coefficient (Wildman–Crippen LogP) is 2.70. The molecule has 2 aromatic rings. The summed E-state index contributed by atoms with van der Waals surface area (Å²) in [4.78, 5) is 16.4. The van der Waals surface area contributed by atoms with Gasteiger partial charge < -0.3 is 4.90 Å². The second-order valence-corrected chi connectivity index (χ2v) is 5.31. The van der Waals surface area contributed by atoms with E-state index in [1.54, 1.807) is 0 Å². The Hall–Kier alpha value is -2.13. The van der Waals surface area contributed by atoms with E-state index in [0.29, 0.717) is 0 Å². The molecule has 0 aromatic heterocycles. The number of nitrogens with zero attached hydrogens (tertiary/aromatic N) is 2. The van der Waals surface area contributed by atoms with Gasteiger partial charge in [-0.05, 0) is 31.8 Å². The van der Waals surface area contributed by atoms with Gasteiger partial charge in [0, 0.05) is 5.69 Å². The summed E-state index contributed by atoms with van der Waals surface area (Å²) < 4.78 is 0. The van der Waals surface area contributed by atoms with Crippen molar-refractivity contribution in [3.8, 4) is 0 Å². The van der Waals surface area contributed by atoms with E-state index in [0.717, 1.165) is 5.69 Å². The fourth-order valence-corrected chi connectivity index (χ4v) is 2.84. The normalized spacial score (nSPS) is 21.9. The predicted molar refractivity (Wildman–Crippen MR) is 80.6 cm³/mol. The maximum atomic E-state index is 12.5. The van der Waals surface area contributed by atoms with Crippen molar-refractivity contribution in [2.45, 2.75) is 12.1 Å². The van der Waals surface area contributed by atoms with Crippen LogP contribution in [0.2, 0.25) is 0 Å². The third-order valence-corrected chi connectivity index (χ3v) is 3.80. The molecule has 102 valence electrons. The molecule has 0 aliphatic carbocycles. The van der Waals surface area contributed by atoms with E-state index in [1.165, 1.54) is 5.56 Å². The largest absolute Gasteiger partial charge is 0.301 e. The number of para-hydroxylation sites is 1. The highest BCUT2D eigenvalue weighted by Gasteiger charge is 2.49. The van der Waals surface area contributed by atoms with Crippen molar-refractivity contribution in [1.29, 1.82) is 0 Å². The van der Waals surface area contributed by atoms with Crippen molar-refractivity contribution in [2.24, 2.45) is 0 Å². The van der Waals surface area contributed by atoms with Gasteiger partial charge in [0.1, 0.15) is 6.04 Å². The topological polar surface area (TPSA) is 23.6 Å². The fourth-order valence-electron chi connectivity index (χ4n) is 2.84. The maximum absolute atomic E-state index is 12.5. The molecule has 3 heteroatoms. The van der Waals surface area contributed by atoms with Crippen molar-refractivity contribution in [2.75, 3.05) is 19.0 Å². The van der Waals surface area contributed by atoms with Gasteiger partial charge in [0.25, 0.3) is 0 Å². The first-order valence-corrected chi connectivity index (χ1v) is 6.79. The molecule has 2 aromatic carbocycles. The molecule has 2 atom stereocenters. The Labute approximate surface area is 119 Å². The molecule has 1 fully saturated rings. The van der Waals surface area contributed by atoms with Crippen molar-refractivity contribution in [1.82, 2.24) is 4.90 Å². The fraction of sp³-hybridized carbons (Fsp3) is 0.235. The monoisotopic (exact) mass is 266 g/mol. The number of hydrogen-bond acceptors (Lipinski definition) is 2. The highest BCUT2D eigenvalue weighted by atomic mass is 16.2. The maximum Gasteiger partial charge on any atom is 0.247 e. The van der Waals surface area contributed by atoms with Gasteiger partial charge in [-0.15, -0.1) is 0 Å². The Morgan fingerprint density at radius 1 is 0.900 bits per heavy atom. The van der Waals surface area contributed by atoms with Crippen molar-refractivity contribution < 1.29 is 4.79 Å². The quantitative estimate of drug-likeness (QED) is 0.797. The average Bonchev–Trinajstić information content (AvgIpc) is 2.46. The van der Waals surface area contributed by atoms with Crippen molar-refractivity contribution in [3.63, 3.8) is 0 Å².